The Kier molecular flexibility index (Phi) is 9.22. The second-order valence-corrected chi connectivity index (χ2v) is 15.7. The summed E-state index contributed by atoms with van der Waals surface area (Å²) >= 11 is 0. The van der Waals surface area contributed by atoms with E-state index in [1.807, 2.05) is 0 Å². The van der Waals surface area contributed by atoms with Crippen molar-refractivity contribution in [2.75, 3.05) is 0 Å². The van der Waals surface area contributed by atoms with Crippen LogP contribution in [0.1, 0.15) is 95.7 Å². The van der Waals surface area contributed by atoms with Crippen molar-refractivity contribution in [1.82, 2.24) is 0 Å². The molecule has 0 bridgehead atoms. The zero-order valence-electron chi connectivity index (χ0n) is 26.1. The quantitative estimate of drug-likeness (QED) is 0.182. The van der Waals surface area contributed by atoms with Gasteiger partial charge in [0, 0.05) is 5.54 Å². The first-order valence-electron chi connectivity index (χ1n) is 15.5. The van der Waals surface area contributed by atoms with Crippen molar-refractivity contribution in [3.63, 3.8) is 0 Å². The molecule has 0 aromatic heterocycles. The maximum absolute atomic E-state index is 2.61. The first kappa shape index (κ1) is 29.3. The van der Waals surface area contributed by atoms with E-state index in [1.54, 1.807) is 21.1 Å². The highest BCUT2D eigenvalue weighted by atomic mass is 28.3. The second-order valence-electron chi connectivity index (χ2n) is 11.7. The molecule has 1 unspecified atom stereocenters. The molecule has 0 spiro atoms. The molecular formula is C38H50Si. The standard InChI is InChI=1S/C38H50Si/c1-10-29-17-30(11-2)21-35(20-29)39(38-27(8)16-26(7)28(38)9,36-22-31(12-3)18-32(13-4)23-36)37-24-33(14-5)19-34(15-6)25-37/h16-25,38H,10-15H2,1-9H3. The number of hydrogen-bond donors (Lipinski definition) is 0. The smallest absolute Gasteiger partial charge is 0.0676 e. The van der Waals surface area contributed by atoms with Crippen molar-refractivity contribution in [3.8, 4) is 0 Å². The van der Waals surface area contributed by atoms with Gasteiger partial charge in [-0.1, -0.05) is 119 Å². The third kappa shape index (κ3) is 5.40. The van der Waals surface area contributed by atoms with Crippen molar-refractivity contribution < 1.29 is 0 Å². The van der Waals surface area contributed by atoms with Crippen molar-refractivity contribution >= 4 is 23.6 Å². The Hall–Kier alpha value is -2.64. The van der Waals surface area contributed by atoms with Crippen molar-refractivity contribution in [3.05, 3.63) is 111 Å². The second kappa shape index (κ2) is 12.3. The fourth-order valence-corrected chi connectivity index (χ4v) is 13.1. The SMILES string of the molecule is CCc1cc(CC)cc([Si](c2cc(CC)cc(CC)c2)(c2cc(CC)cc(CC)c2)C2C(C)=CC(C)=C2C)c1. The average Bonchev–Trinajstić information content (AvgIpc) is 3.23. The lowest BCUT2D eigenvalue weighted by Crippen LogP contribution is -2.70. The average molecular weight is 535 g/mol. The number of rotatable bonds is 10. The molecule has 3 aromatic rings. The monoisotopic (exact) mass is 534 g/mol. The molecule has 0 heterocycles. The zero-order valence-corrected chi connectivity index (χ0v) is 27.1. The van der Waals surface area contributed by atoms with Crippen LogP contribution in [0.15, 0.2) is 77.4 Å². The van der Waals surface area contributed by atoms with Gasteiger partial charge in [0.05, 0.1) is 0 Å². The van der Waals surface area contributed by atoms with Gasteiger partial charge in [0.25, 0.3) is 0 Å². The lowest BCUT2D eigenvalue weighted by atomic mass is 10.1. The molecule has 0 saturated heterocycles. The normalized spacial score (nSPS) is 15.7. The molecule has 206 valence electrons. The summed E-state index contributed by atoms with van der Waals surface area (Å²) < 4.78 is 0. The third-order valence-corrected chi connectivity index (χ3v) is 14.7. The summed E-state index contributed by atoms with van der Waals surface area (Å²) in [5.74, 6) is 0. The van der Waals surface area contributed by atoms with Crippen LogP contribution in [0.4, 0.5) is 0 Å². The van der Waals surface area contributed by atoms with Crippen LogP contribution in [0.2, 0.25) is 5.54 Å². The topological polar surface area (TPSA) is 0 Å². The van der Waals surface area contributed by atoms with E-state index in [0.717, 1.165) is 38.5 Å². The molecule has 0 amide bonds. The summed E-state index contributed by atoms with van der Waals surface area (Å²) in [5.41, 5.74) is 13.8. The van der Waals surface area contributed by atoms with Gasteiger partial charge in [0.2, 0.25) is 0 Å². The van der Waals surface area contributed by atoms with E-state index in [0.29, 0.717) is 5.54 Å². The van der Waals surface area contributed by atoms with Crippen molar-refractivity contribution in [2.24, 2.45) is 0 Å². The Labute approximate surface area is 240 Å². The maximum atomic E-state index is 2.61. The lowest BCUT2D eigenvalue weighted by molar-refractivity contribution is 1.07. The minimum atomic E-state index is -2.57. The summed E-state index contributed by atoms with van der Waals surface area (Å²) in [6, 6.07) is 23.0. The Morgan fingerprint density at radius 1 is 0.462 bits per heavy atom. The van der Waals surface area contributed by atoms with Gasteiger partial charge < -0.3 is 0 Å². The van der Waals surface area contributed by atoms with Crippen LogP contribution < -0.4 is 15.6 Å². The minimum absolute atomic E-state index is 0.419. The molecule has 1 aliphatic carbocycles. The Morgan fingerprint density at radius 3 is 0.949 bits per heavy atom. The summed E-state index contributed by atoms with van der Waals surface area (Å²) in [4.78, 5) is 0. The molecule has 39 heavy (non-hydrogen) atoms. The largest absolute Gasteiger partial charge is 0.159 e. The van der Waals surface area contributed by atoms with Gasteiger partial charge >= 0.3 is 0 Å². The van der Waals surface area contributed by atoms with E-state index in [1.165, 1.54) is 44.5 Å². The van der Waals surface area contributed by atoms with Gasteiger partial charge in [0.1, 0.15) is 0 Å². The maximum Gasteiger partial charge on any atom is 0.159 e. The van der Waals surface area contributed by atoms with Crippen LogP contribution in [0.25, 0.3) is 0 Å². The summed E-state index contributed by atoms with van der Waals surface area (Å²) in [6.45, 7) is 21.1. The van der Waals surface area contributed by atoms with Crippen LogP contribution in [0.5, 0.6) is 0 Å². The predicted molar refractivity (Wildman–Crippen MR) is 176 cm³/mol. The number of benzene rings is 3. The first-order chi connectivity index (χ1) is 18.7. The van der Waals surface area contributed by atoms with Crippen molar-refractivity contribution in [2.45, 2.75) is 106 Å². The number of aryl methyl sites for hydroxylation is 6. The van der Waals surface area contributed by atoms with Crippen LogP contribution >= 0.6 is 0 Å². The molecule has 0 fully saturated rings. The molecule has 0 radical (unpaired) electrons. The third-order valence-electron chi connectivity index (χ3n) is 9.36. The van der Waals surface area contributed by atoms with E-state index in [-0.39, 0.29) is 0 Å². The molecule has 4 rings (SSSR count). The van der Waals surface area contributed by atoms with Crippen LogP contribution in [-0.2, 0) is 38.5 Å². The zero-order chi connectivity index (χ0) is 28.3. The van der Waals surface area contributed by atoms with Crippen LogP contribution in [0, 0.1) is 0 Å². The van der Waals surface area contributed by atoms with Gasteiger partial charge in [-0.05, 0) is 108 Å². The van der Waals surface area contributed by atoms with Gasteiger partial charge in [-0.2, -0.15) is 0 Å². The van der Waals surface area contributed by atoms with Crippen molar-refractivity contribution in [1.29, 1.82) is 0 Å². The van der Waals surface area contributed by atoms with Crippen LogP contribution in [-0.4, -0.2) is 8.07 Å². The molecule has 0 N–H and O–H groups in total. The molecule has 3 aromatic carbocycles. The highest BCUT2D eigenvalue weighted by Gasteiger charge is 2.50. The van der Waals surface area contributed by atoms with E-state index < -0.39 is 8.07 Å². The van der Waals surface area contributed by atoms with Gasteiger partial charge in [-0.25, -0.2) is 0 Å². The van der Waals surface area contributed by atoms with Gasteiger partial charge in [-0.15, -0.1) is 0 Å². The summed E-state index contributed by atoms with van der Waals surface area (Å²) in [5, 5.41) is 4.78. The highest BCUT2D eigenvalue weighted by molar-refractivity contribution is 7.13. The van der Waals surface area contributed by atoms with E-state index >= 15 is 0 Å². The summed E-state index contributed by atoms with van der Waals surface area (Å²) in [6.07, 6.45) is 8.92. The fourth-order valence-electron chi connectivity index (χ4n) is 6.97. The molecule has 0 aliphatic heterocycles. The first-order valence-corrected chi connectivity index (χ1v) is 17.6. The Balaban J connectivity index is 2.28. The molecule has 1 atom stereocenters. The molecular weight excluding hydrogens is 485 g/mol. The number of allylic oxidation sites excluding steroid dienone is 4. The van der Waals surface area contributed by atoms with E-state index in [4.69, 9.17) is 0 Å². The molecule has 1 aliphatic rings. The number of hydrogen-bond acceptors (Lipinski definition) is 0. The van der Waals surface area contributed by atoms with E-state index in [9.17, 15) is 0 Å². The van der Waals surface area contributed by atoms with Crippen LogP contribution in [0.3, 0.4) is 0 Å². The Morgan fingerprint density at radius 2 is 0.744 bits per heavy atom. The molecule has 0 saturated carbocycles. The molecule has 0 nitrogen and oxygen atoms in total. The Bertz CT molecular complexity index is 1200. The van der Waals surface area contributed by atoms with E-state index in [2.05, 4.69) is 123 Å². The predicted octanol–water partition coefficient (Wildman–Crippen LogP) is 8.20. The van der Waals surface area contributed by atoms with Gasteiger partial charge in [-0.3, -0.25) is 0 Å². The van der Waals surface area contributed by atoms with Gasteiger partial charge in [0.15, 0.2) is 8.07 Å². The fraction of sp³-hybridized carbons (Fsp3) is 0.421. The lowest BCUT2D eigenvalue weighted by Gasteiger charge is -2.42. The molecule has 1 heteroatoms. The summed E-state index contributed by atoms with van der Waals surface area (Å²) in [7, 11) is -2.57. The minimum Gasteiger partial charge on any atom is -0.0676 e. The highest BCUT2D eigenvalue weighted by Crippen LogP contribution is 2.43.